The van der Waals surface area contributed by atoms with Crippen molar-refractivity contribution in [1.29, 1.82) is 0 Å². The smallest absolute Gasteiger partial charge is 0.0678 e. The summed E-state index contributed by atoms with van der Waals surface area (Å²) in [6.07, 6.45) is 6.05. The molecule has 4 nitrogen and oxygen atoms in total. The number of nitrogens with zero attached hydrogens (tertiary/aromatic N) is 3. The fraction of sp³-hybridized carbons (Fsp3) is 0.467. The van der Waals surface area contributed by atoms with E-state index >= 15 is 0 Å². The van der Waals surface area contributed by atoms with Crippen molar-refractivity contribution in [2.75, 3.05) is 0 Å². The average Bonchev–Trinajstić information content (AvgIpc) is 3.20. The van der Waals surface area contributed by atoms with Crippen LogP contribution < -0.4 is 5.32 Å². The zero-order chi connectivity index (χ0) is 14.1. The molecule has 0 bridgehead atoms. The third-order valence-electron chi connectivity index (χ3n) is 3.85. The zero-order valence-corrected chi connectivity index (χ0v) is 12.6. The van der Waals surface area contributed by atoms with Crippen LogP contribution in [0.4, 0.5) is 0 Å². The summed E-state index contributed by atoms with van der Waals surface area (Å²) in [5, 5.41) is 8.89. The Morgan fingerprint density at radius 3 is 2.90 bits per heavy atom. The maximum Gasteiger partial charge on any atom is 0.0678 e. The molecule has 0 aliphatic heterocycles. The Morgan fingerprint density at radius 2 is 2.20 bits per heavy atom. The largest absolute Gasteiger partial charge is 0.310 e. The van der Waals surface area contributed by atoms with Crippen LogP contribution in [0.5, 0.6) is 0 Å². The maximum atomic E-state index is 6.17. The minimum Gasteiger partial charge on any atom is -0.310 e. The summed E-state index contributed by atoms with van der Waals surface area (Å²) < 4.78 is 2.03. The minimum absolute atomic E-state index is 0.692. The van der Waals surface area contributed by atoms with Gasteiger partial charge in [0.15, 0.2) is 0 Å². The van der Waals surface area contributed by atoms with E-state index in [9.17, 15) is 0 Å². The van der Waals surface area contributed by atoms with E-state index in [1.54, 1.807) is 12.4 Å². The van der Waals surface area contributed by atoms with Crippen LogP contribution in [0.25, 0.3) is 0 Å². The Balaban J connectivity index is 1.79. The van der Waals surface area contributed by atoms with Gasteiger partial charge in [0.2, 0.25) is 0 Å². The van der Waals surface area contributed by atoms with Gasteiger partial charge in [-0.25, -0.2) is 0 Å². The number of pyridine rings is 1. The first-order chi connectivity index (χ1) is 9.65. The van der Waals surface area contributed by atoms with Crippen LogP contribution in [0, 0.1) is 13.8 Å². The Bertz CT molecular complexity index is 616. The molecule has 0 amide bonds. The third-order valence-corrected chi connectivity index (χ3v) is 4.19. The van der Waals surface area contributed by atoms with Crippen LogP contribution >= 0.6 is 11.6 Å². The van der Waals surface area contributed by atoms with Gasteiger partial charge in [0.25, 0.3) is 0 Å². The van der Waals surface area contributed by atoms with Crippen LogP contribution in [-0.2, 0) is 13.1 Å². The molecule has 3 rings (SSSR count). The van der Waals surface area contributed by atoms with Crippen molar-refractivity contribution in [1.82, 2.24) is 20.1 Å². The topological polar surface area (TPSA) is 42.7 Å². The van der Waals surface area contributed by atoms with E-state index in [4.69, 9.17) is 11.6 Å². The number of aryl methyl sites for hydroxylation is 1. The standard InChI is InChI=1S/C15H19ClN4/c1-10-14(7-18-13-3-4-13)11(2)20(19-10)9-12-5-6-17-8-15(12)16/h5-6,8,13,18H,3-4,7,9H2,1-2H3. The van der Waals surface area contributed by atoms with Crippen LogP contribution in [-0.4, -0.2) is 20.8 Å². The first-order valence-corrected chi connectivity index (χ1v) is 7.37. The molecule has 0 radical (unpaired) electrons. The maximum absolute atomic E-state index is 6.17. The molecule has 1 aliphatic rings. The van der Waals surface area contributed by atoms with Crippen LogP contribution in [0.1, 0.15) is 35.4 Å². The van der Waals surface area contributed by atoms with Crippen molar-refractivity contribution in [2.45, 2.75) is 45.8 Å². The SMILES string of the molecule is Cc1nn(Cc2ccncc2Cl)c(C)c1CNC1CC1. The first kappa shape index (κ1) is 13.6. The lowest BCUT2D eigenvalue weighted by Crippen LogP contribution is -2.16. The molecule has 106 valence electrons. The quantitative estimate of drug-likeness (QED) is 0.921. The number of hydrogen-bond acceptors (Lipinski definition) is 3. The molecule has 0 saturated heterocycles. The highest BCUT2D eigenvalue weighted by Crippen LogP contribution is 2.22. The molecule has 1 N–H and O–H groups in total. The van der Waals surface area contributed by atoms with Crippen LogP contribution in [0.2, 0.25) is 5.02 Å². The second-order valence-electron chi connectivity index (χ2n) is 5.43. The van der Waals surface area contributed by atoms with Crippen molar-refractivity contribution in [3.05, 3.63) is 46.0 Å². The van der Waals surface area contributed by atoms with Gasteiger partial charge in [0, 0.05) is 36.2 Å². The molecule has 0 aromatic carbocycles. The molecule has 0 atom stereocenters. The summed E-state index contributed by atoms with van der Waals surface area (Å²) in [6.45, 7) is 5.80. The Hall–Kier alpha value is -1.39. The van der Waals surface area contributed by atoms with Crippen molar-refractivity contribution in [3.63, 3.8) is 0 Å². The molecule has 2 aromatic heterocycles. The van der Waals surface area contributed by atoms with E-state index in [1.807, 2.05) is 10.7 Å². The summed E-state index contributed by atoms with van der Waals surface area (Å²) in [5.74, 6) is 0. The molecule has 2 aromatic rings. The van der Waals surface area contributed by atoms with Crippen molar-refractivity contribution < 1.29 is 0 Å². The predicted molar refractivity (Wildman–Crippen MR) is 79.9 cm³/mol. The van der Waals surface area contributed by atoms with Gasteiger partial charge in [-0.3, -0.25) is 9.67 Å². The second kappa shape index (κ2) is 5.54. The zero-order valence-electron chi connectivity index (χ0n) is 11.9. The molecule has 20 heavy (non-hydrogen) atoms. The summed E-state index contributed by atoms with van der Waals surface area (Å²) >= 11 is 6.17. The van der Waals surface area contributed by atoms with Gasteiger partial charge in [-0.1, -0.05) is 11.6 Å². The lowest BCUT2D eigenvalue weighted by Gasteiger charge is -2.07. The van der Waals surface area contributed by atoms with E-state index in [-0.39, 0.29) is 0 Å². The van der Waals surface area contributed by atoms with Gasteiger partial charge in [-0.05, 0) is 38.3 Å². The van der Waals surface area contributed by atoms with Crippen molar-refractivity contribution in [2.24, 2.45) is 0 Å². The highest BCUT2D eigenvalue weighted by atomic mass is 35.5. The second-order valence-corrected chi connectivity index (χ2v) is 5.84. The average molecular weight is 291 g/mol. The summed E-state index contributed by atoms with van der Waals surface area (Å²) in [6, 6.07) is 2.66. The van der Waals surface area contributed by atoms with E-state index < -0.39 is 0 Å². The molecule has 1 aliphatic carbocycles. The lowest BCUT2D eigenvalue weighted by atomic mass is 10.2. The molecule has 2 heterocycles. The van der Waals surface area contributed by atoms with Gasteiger partial charge in [-0.15, -0.1) is 0 Å². The molecule has 0 unspecified atom stereocenters. The van der Waals surface area contributed by atoms with Crippen molar-refractivity contribution in [3.8, 4) is 0 Å². The summed E-state index contributed by atoms with van der Waals surface area (Å²) in [4.78, 5) is 4.02. The highest BCUT2D eigenvalue weighted by Gasteiger charge is 2.21. The minimum atomic E-state index is 0.692. The molecule has 1 saturated carbocycles. The number of hydrogen-bond donors (Lipinski definition) is 1. The van der Waals surface area contributed by atoms with Gasteiger partial charge in [-0.2, -0.15) is 5.10 Å². The van der Waals surface area contributed by atoms with E-state index in [2.05, 4.69) is 29.2 Å². The van der Waals surface area contributed by atoms with Crippen molar-refractivity contribution >= 4 is 11.6 Å². The normalized spacial score (nSPS) is 14.8. The number of aromatic nitrogens is 3. The summed E-state index contributed by atoms with van der Waals surface area (Å²) in [7, 11) is 0. The number of rotatable bonds is 5. The number of halogens is 1. The van der Waals surface area contributed by atoms with E-state index in [1.165, 1.54) is 24.1 Å². The fourth-order valence-corrected chi connectivity index (χ4v) is 2.55. The molecule has 5 heteroatoms. The van der Waals surface area contributed by atoms with Gasteiger partial charge >= 0.3 is 0 Å². The van der Waals surface area contributed by atoms with E-state index in [0.717, 1.165) is 17.8 Å². The first-order valence-electron chi connectivity index (χ1n) is 7.00. The lowest BCUT2D eigenvalue weighted by molar-refractivity contribution is 0.651. The fourth-order valence-electron chi connectivity index (χ4n) is 2.37. The third kappa shape index (κ3) is 2.86. The van der Waals surface area contributed by atoms with Gasteiger partial charge in [0.05, 0.1) is 17.3 Å². The molecule has 0 spiro atoms. The Labute approximate surface area is 124 Å². The molecular formula is C15H19ClN4. The Kier molecular flexibility index (Phi) is 3.76. The number of nitrogens with one attached hydrogen (secondary N) is 1. The van der Waals surface area contributed by atoms with Crippen LogP contribution in [0.3, 0.4) is 0 Å². The van der Waals surface area contributed by atoms with Crippen LogP contribution in [0.15, 0.2) is 18.5 Å². The van der Waals surface area contributed by atoms with E-state index in [0.29, 0.717) is 17.6 Å². The molecular weight excluding hydrogens is 272 g/mol. The molecule has 1 fully saturated rings. The highest BCUT2D eigenvalue weighted by molar-refractivity contribution is 6.31. The Morgan fingerprint density at radius 1 is 1.40 bits per heavy atom. The summed E-state index contributed by atoms with van der Waals surface area (Å²) in [5.41, 5.74) is 4.67. The monoisotopic (exact) mass is 290 g/mol. The predicted octanol–water partition coefficient (Wildman–Crippen LogP) is 2.85. The van der Waals surface area contributed by atoms with Gasteiger partial charge < -0.3 is 5.32 Å². The van der Waals surface area contributed by atoms with Gasteiger partial charge in [0.1, 0.15) is 0 Å².